The summed E-state index contributed by atoms with van der Waals surface area (Å²) < 4.78 is 4.59. The van der Waals surface area contributed by atoms with Gasteiger partial charge in [-0.25, -0.2) is 24.0 Å². The molecule has 0 aliphatic carbocycles. The second-order valence-corrected chi connectivity index (χ2v) is 4.93. The lowest BCUT2D eigenvalue weighted by Gasteiger charge is -2.06. The normalized spacial score (nSPS) is 10.0. The molecule has 0 atom stereocenters. The molecular formula is C17H10O9. The molecule has 0 aliphatic heterocycles. The van der Waals surface area contributed by atoms with Crippen LogP contribution in [-0.4, -0.2) is 45.2 Å². The van der Waals surface area contributed by atoms with Gasteiger partial charge in [-0.2, -0.15) is 0 Å². The molecule has 0 bridgehead atoms. The molecular weight excluding hydrogens is 348 g/mol. The Kier molecular flexibility index (Phi) is 5.12. The van der Waals surface area contributed by atoms with Gasteiger partial charge in [0.25, 0.3) is 0 Å². The van der Waals surface area contributed by atoms with Gasteiger partial charge < -0.3 is 20.1 Å². The molecule has 0 saturated carbocycles. The van der Waals surface area contributed by atoms with E-state index in [-0.39, 0.29) is 16.7 Å². The maximum absolute atomic E-state index is 12.0. The Bertz CT molecular complexity index is 926. The van der Waals surface area contributed by atoms with E-state index in [2.05, 4.69) is 4.74 Å². The van der Waals surface area contributed by atoms with Crippen molar-refractivity contribution in [2.45, 2.75) is 0 Å². The molecule has 3 N–H and O–H groups in total. The molecule has 0 fully saturated rings. The van der Waals surface area contributed by atoms with Crippen molar-refractivity contribution in [2.24, 2.45) is 0 Å². The van der Waals surface area contributed by atoms with Crippen LogP contribution in [0, 0.1) is 0 Å². The highest BCUT2D eigenvalue weighted by Crippen LogP contribution is 2.15. The third-order valence-electron chi connectivity index (χ3n) is 3.27. The fraction of sp³-hybridized carbons (Fsp3) is 0. The topological polar surface area (TPSA) is 155 Å². The predicted octanol–water partition coefficient (Wildman–Crippen LogP) is 1.78. The van der Waals surface area contributed by atoms with E-state index in [1.807, 2.05) is 0 Å². The molecule has 26 heavy (non-hydrogen) atoms. The van der Waals surface area contributed by atoms with Gasteiger partial charge in [-0.15, -0.1) is 0 Å². The van der Waals surface area contributed by atoms with Crippen LogP contribution in [0.25, 0.3) is 0 Å². The molecule has 0 saturated heterocycles. The van der Waals surface area contributed by atoms with Gasteiger partial charge >= 0.3 is 29.8 Å². The Hall–Kier alpha value is -4.01. The minimum Gasteiger partial charge on any atom is -0.478 e. The summed E-state index contributed by atoms with van der Waals surface area (Å²) >= 11 is 0. The first-order valence-corrected chi connectivity index (χ1v) is 6.91. The lowest BCUT2D eigenvalue weighted by Crippen LogP contribution is -2.15. The van der Waals surface area contributed by atoms with E-state index in [4.69, 9.17) is 15.3 Å². The Morgan fingerprint density at radius 2 is 1.04 bits per heavy atom. The lowest BCUT2D eigenvalue weighted by atomic mass is 10.0. The average Bonchev–Trinajstić information content (AvgIpc) is 2.60. The first kappa shape index (κ1) is 18.3. The molecule has 0 aliphatic rings. The number of benzene rings is 2. The van der Waals surface area contributed by atoms with Gasteiger partial charge in [-0.1, -0.05) is 0 Å². The van der Waals surface area contributed by atoms with Crippen LogP contribution in [0.1, 0.15) is 51.8 Å². The molecule has 132 valence electrons. The third-order valence-corrected chi connectivity index (χ3v) is 3.27. The number of rotatable bonds is 5. The molecule has 0 spiro atoms. The Balaban J connectivity index is 2.22. The number of hydrogen-bond acceptors (Lipinski definition) is 6. The first-order chi connectivity index (χ1) is 12.2. The molecule has 0 heterocycles. The van der Waals surface area contributed by atoms with Crippen LogP contribution in [0.3, 0.4) is 0 Å². The number of carboxylic acid groups (broad SMARTS) is 3. The second kappa shape index (κ2) is 7.26. The molecule has 2 rings (SSSR count). The molecule has 9 heteroatoms. The Morgan fingerprint density at radius 3 is 1.54 bits per heavy atom. The van der Waals surface area contributed by atoms with Gasteiger partial charge in [0, 0.05) is 0 Å². The van der Waals surface area contributed by atoms with Gasteiger partial charge in [-0.3, -0.25) is 0 Å². The minimum absolute atomic E-state index is 0.0664. The molecule has 0 unspecified atom stereocenters. The summed E-state index contributed by atoms with van der Waals surface area (Å²) in [7, 11) is 0. The van der Waals surface area contributed by atoms with E-state index in [0.717, 1.165) is 42.5 Å². The number of esters is 2. The fourth-order valence-electron chi connectivity index (χ4n) is 1.99. The van der Waals surface area contributed by atoms with Gasteiger partial charge in [-0.05, 0) is 42.5 Å². The van der Waals surface area contributed by atoms with Gasteiger partial charge in [0.2, 0.25) is 0 Å². The molecule has 0 amide bonds. The quantitative estimate of drug-likeness (QED) is 0.535. The molecule has 9 nitrogen and oxygen atoms in total. The summed E-state index contributed by atoms with van der Waals surface area (Å²) in [6.07, 6.45) is 0. The monoisotopic (exact) mass is 358 g/mol. The Morgan fingerprint density at radius 1 is 0.577 bits per heavy atom. The van der Waals surface area contributed by atoms with Crippen molar-refractivity contribution in [1.82, 2.24) is 0 Å². The van der Waals surface area contributed by atoms with Crippen LogP contribution in [0.4, 0.5) is 0 Å². The SMILES string of the molecule is O=C(O)c1ccc(C(=O)OC(=O)c2ccc(C(=O)O)c(C(=O)O)c2)cc1. The number of ether oxygens (including phenoxy) is 1. The summed E-state index contributed by atoms with van der Waals surface area (Å²) in [6, 6.07) is 7.30. The van der Waals surface area contributed by atoms with E-state index in [1.54, 1.807) is 0 Å². The van der Waals surface area contributed by atoms with E-state index in [0.29, 0.717) is 0 Å². The van der Waals surface area contributed by atoms with Crippen LogP contribution in [0.2, 0.25) is 0 Å². The van der Waals surface area contributed by atoms with Crippen molar-refractivity contribution in [2.75, 3.05) is 0 Å². The van der Waals surface area contributed by atoms with Crippen molar-refractivity contribution < 1.29 is 44.0 Å². The standard InChI is InChI=1S/C17H10O9/c18-13(19)8-1-3-9(4-2-8)16(24)26-17(25)10-5-6-11(14(20)21)12(7-10)15(22)23/h1-7H,(H,18,19)(H,20,21)(H,22,23). The largest absolute Gasteiger partial charge is 0.478 e. The second-order valence-electron chi connectivity index (χ2n) is 4.93. The summed E-state index contributed by atoms with van der Waals surface area (Å²) in [5.41, 5.74) is -1.65. The smallest absolute Gasteiger partial charge is 0.346 e. The average molecular weight is 358 g/mol. The maximum Gasteiger partial charge on any atom is 0.346 e. The zero-order valence-corrected chi connectivity index (χ0v) is 12.8. The zero-order valence-electron chi connectivity index (χ0n) is 12.8. The maximum atomic E-state index is 12.0. The van der Waals surface area contributed by atoms with Crippen LogP contribution in [0.15, 0.2) is 42.5 Å². The van der Waals surface area contributed by atoms with E-state index in [9.17, 15) is 24.0 Å². The van der Waals surface area contributed by atoms with Crippen LogP contribution < -0.4 is 0 Å². The highest BCUT2D eigenvalue weighted by atomic mass is 16.6. The van der Waals surface area contributed by atoms with Crippen molar-refractivity contribution in [3.63, 3.8) is 0 Å². The summed E-state index contributed by atoms with van der Waals surface area (Å²) in [5.74, 6) is -6.51. The van der Waals surface area contributed by atoms with Crippen LogP contribution in [-0.2, 0) is 4.74 Å². The van der Waals surface area contributed by atoms with Crippen LogP contribution in [0.5, 0.6) is 0 Å². The number of carbonyl (C=O) groups excluding carboxylic acids is 2. The highest BCUT2D eigenvalue weighted by molar-refractivity contribution is 6.06. The van der Waals surface area contributed by atoms with Gasteiger partial charge in [0.05, 0.1) is 27.8 Å². The molecule has 2 aromatic rings. The van der Waals surface area contributed by atoms with Crippen molar-refractivity contribution in [1.29, 1.82) is 0 Å². The summed E-state index contributed by atoms with van der Waals surface area (Å²) in [6.45, 7) is 0. The highest BCUT2D eigenvalue weighted by Gasteiger charge is 2.21. The summed E-state index contributed by atoms with van der Waals surface area (Å²) in [4.78, 5) is 56.7. The molecule has 0 aromatic heterocycles. The van der Waals surface area contributed by atoms with Crippen molar-refractivity contribution >= 4 is 29.8 Å². The van der Waals surface area contributed by atoms with Crippen LogP contribution >= 0.6 is 0 Å². The lowest BCUT2D eigenvalue weighted by molar-refractivity contribution is 0.0395. The number of hydrogen-bond donors (Lipinski definition) is 3. The number of carbonyl (C=O) groups is 5. The minimum atomic E-state index is -1.56. The van der Waals surface area contributed by atoms with Gasteiger partial charge in [0.1, 0.15) is 0 Å². The van der Waals surface area contributed by atoms with E-state index in [1.165, 1.54) is 0 Å². The number of carboxylic acids is 3. The first-order valence-electron chi connectivity index (χ1n) is 6.91. The number of aromatic carboxylic acids is 3. The summed E-state index contributed by atoms with van der Waals surface area (Å²) in [5, 5.41) is 26.7. The van der Waals surface area contributed by atoms with Crippen molar-refractivity contribution in [3.05, 3.63) is 70.3 Å². The fourth-order valence-corrected chi connectivity index (χ4v) is 1.99. The third kappa shape index (κ3) is 3.90. The Labute approximate surface area is 145 Å². The predicted molar refractivity (Wildman–Crippen MR) is 83.5 cm³/mol. The molecule has 0 radical (unpaired) electrons. The zero-order chi connectivity index (χ0) is 19.4. The van der Waals surface area contributed by atoms with E-state index >= 15 is 0 Å². The van der Waals surface area contributed by atoms with Crippen molar-refractivity contribution in [3.8, 4) is 0 Å². The van der Waals surface area contributed by atoms with Gasteiger partial charge in [0.15, 0.2) is 0 Å². The van der Waals surface area contributed by atoms with E-state index < -0.39 is 41.0 Å². The molecule has 2 aromatic carbocycles.